The van der Waals surface area contributed by atoms with Crippen molar-refractivity contribution >= 4 is 5.91 Å². The van der Waals surface area contributed by atoms with Crippen molar-refractivity contribution in [3.63, 3.8) is 0 Å². The summed E-state index contributed by atoms with van der Waals surface area (Å²) in [5.74, 6) is 0.217. The first-order valence-electron chi connectivity index (χ1n) is 7.36. The number of aliphatic hydroxyl groups excluding tert-OH is 1. The Morgan fingerprint density at radius 2 is 1.90 bits per heavy atom. The van der Waals surface area contributed by atoms with E-state index >= 15 is 0 Å². The lowest BCUT2D eigenvalue weighted by atomic mass is 9.93. The standard InChI is InChI=1S/C17H23NO2/c1-16(2)14(17(16,3)4)13(19)11-6-5-10-7-8-18-15(20)12(10)9-11/h5-6,9,13-14,19H,7-8H2,1-4H3,(H,18,20). The lowest BCUT2D eigenvalue weighted by molar-refractivity contribution is 0.0945. The summed E-state index contributed by atoms with van der Waals surface area (Å²) in [6.07, 6.45) is 0.373. The second-order valence-corrected chi connectivity index (χ2v) is 7.29. The number of benzene rings is 1. The Morgan fingerprint density at radius 1 is 1.25 bits per heavy atom. The summed E-state index contributed by atoms with van der Waals surface area (Å²) in [7, 11) is 0. The van der Waals surface area contributed by atoms with Crippen molar-refractivity contribution in [2.75, 3.05) is 6.54 Å². The van der Waals surface area contributed by atoms with Crippen molar-refractivity contribution in [1.82, 2.24) is 5.32 Å². The van der Waals surface area contributed by atoms with Gasteiger partial charge in [-0.1, -0.05) is 39.8 Å². The first-order chi connectivity index (χ1) is 9.26. The monoisotopic (exact) mass is 273 g/mol. The molecular weight excluding hydrogens is 250 g/mol. The largest absolute Gasteiger partial charge is 0.388 e. The van der Waals surface area contributed by atoms with E-state index in [1.807, 2.05) is 18.2 Å². The highest BCUT2D eigenvalue weighted by atomic mass is 16.3. The minimum atomic E-state index is -0.500. The third-order valence-electron chi connectivity index (χ3n) is 5.85. The minimum absolute atomic E-state index is 0.0189. The molecule has 0 saturated heterocycles. The molecule has 2 aliphatic rings. The van der Waals surface area contributed by atoms with Crippen molar-refractivity contribution in [2.24, 2.45) is 16.7 Å². The molecule has 0 bridgehead atoms. The number of nitrogens with one attached hydrogen (secondary N) is 1. The zero-order valence-electron chi connectivity index (χ0n) is 12.7. The number of carbonyl (C=O) groups is 1. The molecule has 0 aromatic heterocycles. The van der Waals surface area contributed by atoms with E-state index in [0.717, 1.165) is 23.1 Å². The maximum atomic E-state index is 11.9. The molecular formula is C17H23NO2. The van der Waals surface area contributed by atoms with Gasteiger partial charge in [-0.2, -0.15) is 0 Å². The van der Waals surface area contributed by atoms with Crippen molar-refractivity contribution in [3.8, 4) is 0 Å². The second-order valence-electron chi connectivity index (χ2n) is 7.29. The molecule has 1 aliphatic heterocycles. The molecule has 0 spiro atoms. The van der Waals surface area contributed by atoms with Crippen molar-refractivity contribution in [3.05, 3.63) is 34.9 Å². The van der Waals surface area contributed by atoms with Crippen LogP contribution in [0.3, 0.4) is 0 Å². The maximum absolute atomic E-state index is 11.9. The molecule has 20 heavy (non-hydrogen) atoms. The Morgan fingerprint density at radius 3 is 2.50 bits per heavy atom. The molecule has 0 radical (unpaired) electrons. The number of rotatable bonds is 2. The van der Waals surface area contributed by atoms with Gasteiger partial charge in [-0.25, -0.2) is 0 Å². The van der Waals surface area contributed by atoms with E-state index in [2.05, 4.69) is 33.0 Å². The van der Waals surface area contributed by atoms with Crippen molar-refractivity contribution in [1.29, 1.82) is 0 Å². The van der Waals surface area contributed by atoms with Gasteiger partial charge in [0.15, 0.2) is 0 Å². The summed E-state index contributed by atoms with van der Waals surface area (Å²) in [5.41, 5.74) is 2.93. The van der Waals surface area contributed by atoms with E-state index in [-0.39, 0.29) is 22.7 Å². The van der Waals surface area contributed by atoms with Crippen LogP contribution >= 0.6 is 0 Å². The summed E-state index contributed by atoms with van der Waals surface area (Å²) < 4.78 is 0. The molecule has 3 rings (SSSR count). The number of amides is 1. The summed E-state index contributed by atoms with van der Waals surface area (Å²) in [5, 5.41) is 13.5. The SMILES string of the molecule is CC1(C)C(C(O)c2ccc3c(c2)C(=O)NCC3)C1(C)C. The first kappa shape index (κ1) is 13.6. The summed E-state index contributed by atoms with van der Waals surface area (Å²) in [6.45, 7) is 9.51. The zero-order chi connectivity index (χ0) is 14.7. The van der Waals surface area contributed by atoms with Crippen LogP contribution in [0.5, 0.6) is 0 Å². The highest BCUT2D eigenvalue weighted by Gasteiger charge is 2.67. The Hall–Kier alpha value is -1.35. The zero-order valence-corrected chi connectivity index (χ0v) is 12.7. The number of carbonyl (C=O) groups excluding carboxylic acids is 1. The molecule has 3 heteroatoms. The molecule has 1 atom stereocenters. The van der Waals surface area contributed by atoms with Crippen LogP contribution in [0.4, 0.5) is 0 Å². The Labute approximate surface area is 120 Å². The highest BCUT2D eigenvalue weighted by molar-refractivity contribution is 5.96. The van der Waals surface area contributed by atoms with Gasteiger partial charge in [0.1, 0.15) is 0 Å². The molecule has 1 aromatic rings. The number of fused-ring (bicyclic) bond motifs is 1. The fourth-order valence-corrected chi connectivity index (χ4v) is 3.84. The van der Waals surface area contributed by atoms with Crippen LogP contribution < -0.4 is 5.32 Å². The quantitative estimate of drug-likeness (QED) is 0.870. The van der Waals surface area contributed by atoms with Gasteiger partial charge in [0.25, 0.3) is 5.91 Å². The first-order valence-corrected chi connectivity index (χ1v) is 7.36. The lowest BCUT2D eigenvalue weighted by Gasteiger charge is -2.20. The summed E-state index contributed by atoms with van der Waals surface area (Å²) in [6, 6.07) is 5.85. The van der Waals surface area contributed by atoms with E-state index < -0.39 is 6.10 Å². The van der Waals surface area contributed by atoms with Gasteiger partial charge in [0, 0.05) is 18.0 Å². The maximum Gasteiger partial charge on any atom is 0.251 e. The Balaban J connectivity index is 1.93. The van der Waals surface area contributed by atoms with E-state index in [1.165, 1.54) is 0 Å². The second kappa shape index (κ2) is 4.08. The lowest BCUT2D eigenvalue weighted by Crippen LogP contribution is -2.32. The van der Waals surface area contributed by atoms with Gasteiger partial charge in [0.2, 0.25) is 0 Å². The average molecular weight is 273 g/mol. The highest BCUT2D eigenvalue weighted by Crippen LogP contribution is 2.72. The topological polar surface area (TPSA) is 49.3 Å². The van der Waals surface area contributed by atoms with Crippen molar-refractivity contribution < 1.29 is 9.90 Å². The van der Waals surface area contributed by atoms with Gasteiger partial charge in [-0.3, -0.25) is 4.79 Å². The van der Waals surface area contributed by atoms with Gasteiger partial charge < -0.3 is 10.4 Å². The third-order valence-corrected chi connectivity index (χ3v) is 5.85. The molecule has 1 unspecified atom stereocenters. The molecule has 3 nitrogen and oxygen atoms in total. The molecule has 1 fully saturated rings. The van der Waals surface area contributed by atoms with Gasteiger partial charge in [-0.15, -0.1) is 0 Å². The fraction of sp³-hybridized carbons (Fsp3) is 0.588. The van der Waals surface area contributed by atoms with Gasteiger partial charge >= 0.3 is 0 Å². The van der Waals surface area contributed by atoms with E-state index in [0.29, 0.717) is 6.54 Å². The van der Waals surface area contributed by atoms with Gasteiger partial charge in [0.05, 0.1) is 6.10 Å². The smallest absolute Gasteiger partial charge is 0.251 e. The molecule has 1 amide bonds. The third kappa shape index (κ3) is 1.72. The normalized spacial score (nSPS) is 24.8. The van der Waals surface area contributed by atoms with Crippen molar-refractivity contribution in [2.45, 2.75) is 40.2 Å². The van der Waals surface area contributed by atoms with Crippen LogP contribution in [0.15, 0.2) is 18.2 Å². The van der Waals surface area contributed by atoms with Crippen LogP contribution in [-0.4, -0.2) is 17.6 Å². The van der Waals surface area contributed by atoms with Crippen LogP contribution in [0.25, 0.3) is 0 Å². The van der Waals surface area contributed by atoms with E-state index in [4.69, 9.17) is 0 Å². The molecule has 108 valence electrons. The Bertz CT molecular complexity index is 560. The van der Waals surface area contributed by atoms with Crippen LogP contribution in [-0.2, 0) is 6.42 Å². The predicted octanol–water partition coefficient (Wildman–Crippen LogP) is 2.69. The number of hydrogen-bond donors (Lipinski definition) is 2. The number of hydrogen-bond acceptors (Lipinski definition) is 2. The summed E-state index contributed by atoms with van der Waals surface area (Å²) >= 11 is 0. The fourth-order valence-electron chi connectivity index (χ4n) is 3.84. The average Bonchev–Trinajstić information content (AvgIpc) is 2.79. The number of aliphatic hydroxyl groups is 1. The molecule has 1 saturated carbocycles. The van der Waals surface area contributed by atoms with E-state index in [1.54, 1.807) is 0 Å². The Kier molecular flexibility index (Phi) is 2.78. The molecule has 1 aliphatic carbocycles. The molecule has 1 heterocycles. The molecule has 2 N–H and O–H groups in total. The predicted molar refractivity (Wildman–Crippen MR) is 78.5 cm³/mol. The van der Waals surface area contributed by atoms with Crippen LogP contribution in [0.1, 0.15) is 55.3 Å². The molecule has 1 aromatic carbocycles. The van der Waals surface area contributed by atoms with E-state index in [9.17, 15) is 9.90 Å². The minimum Gasteiger partial charge on any atom is -0.388 e. The summed E-state index contributed by atoms with van der Waals surface area (Å²) in [4.78, 5) is 11.9. The van der Waals surface area contributed by atoms with Crippen LogP contribution in [0.2, 0.25) is 0 Å². The van der Waals surface area contributed by atoms with Gasteiger partial charge in [-0.05, 0) is 34.4 Å². The van der Waals surface area contributed by atoms with Crippen LogP contribution in [0, 0.1) is 16.7 Å².